The first-order chi connectivity index (χ1) is 13.7. The number of hydrogen-bond acceptors (Lipinski definition) is 8. The summed E-state index contributed by atoms with van der Waals surface area (Å²) in [7, 11) is 0. The minimum absolute atomic E-state index is 0.0483. The Morgan fingerprint density at radius 2 is 1.52 bits per heavy atom. The van der Waals surface area contributed by atoms with Gasteiger partial charge in [-0.3, -0.25) is 0 Å². The molecule has 2 aromatic rings. The summed E-state index contributed by atoms with van der Waals surface area (Å²) in [5, 5.41) is 57.9. The molecule has 0 aromatic heterocycles. The summed E-state index contributed by atoms with van der Waals surface area (Å²) in [5.74, 6) is -1.50. The third kappa shape index (κ3) is 4.84. The molecular formula is C20H20O9. The summed E-state index contributed by atoms with van der Waals surface area (Å²) in [4.78, 5) is 11.2. The van der Waals surface area contributed by atoms with E-state index in [9.17, 15) is 30.3 Å². The summed E-state index contributed by atoms with van der Waals surface area (Å²) in [5.41, 5.74) is 1.31. The highest BCUT2D eigenvalue weighted by atomic mass is 16.7. The van der Waals surface area contributed by atoms with Gasteiger partial charge < -0.3 is 40.1 Å². The molecule has 0 bridgehead atoms. The smallest absolute Gasteiger partial charge is 0.335 e. The highest BCUT2D eigenvalue weighted by Gasteiger charge is 2.48. The molecule has 1 fully saturated rings. The average Bonchev–Trinajstić information content (AvgIpc) is 2.67. The van der Waals surface area contributed by atoms with E-state index in [4.69, 9.17) is 14.6 Å². The minimum Gasteiger partial charge on any atom is -0.508 e. The van der Waals surface area contributed by atoms with Crippen molar-refractivity contribution in [3.8, 4) is 17.2 Å². The Balaban J connectivity index is 1.78. The van der Waals surface area contributed by atoms with E-state index in [1.807, 2.05) is 0 Å². The maximum atomic E-state index is 11.2. The van der Waals surface area contributed by atoms with Gasteiger partial charge >= 0.3 is 5.97 Å². The Kier molecular flexibility index (Phi) is 6.04. The van der Waals surface area contributed by atoms with Crippen molar-refractivity contribution < 1.29 is 44.9 Å². The zero-order chi connectivity index (χ0) is 21.1. The van der Waals surface area contributed by atoms with Crippen LogP contribution in [0.5, 0.6) is 17.2 Å². The molecule has 0 spiro atoms. The van der Waals surface area contributed by atoms with Crippen LogP contribution in [0.25, 0.3) is 12.2 Å². The van der Waals surface area contributed by atoms with E-state index in [2.05, 4.69) is 0 Å². The fraction of sp³-hybridized carbons (Fsp3) is 0.250. The van der Waals surface area contributed by atoms with E-state index in [1.165, 1.54) is 30.3 Å². The second-order valence-electron chi connectivity index (χ2n) is 6.54. The summed E-state index contributed by atoms with van der Waals surface area (Å²) >= 11 is 0. The van der Waals surface area contributed by atoms with Crippen molar-refractivity contribution in [1.82, 2.24) is 0 Å². The Bertz CT molecular complexity index is 893. The molecule has 9 nitrogen and oxygen atoms in total. The van der Waals surface area contributed by atoms with Crippen molar-refractivity contribution >= 4 is 18.1 Å². The zero-order valence-electron chi connectivity index (χ0n) is 15.0. The van der Waals surface area contributed by atoms with Crippen molar-refractivity contribution in [2.45, 2.75) is 30.7 Å². The molecule has 1 saturated heterocycles. The Hall–Kier alpha value is -3.11. The molecule has 0 amide bonds. The van der Waals surface area contributed by atoms with Crippen LogP contribution in [-0.2, 0) is 9.53 Å². The fourth-order valence-corrected chi connectivity index (χ4v) is 2.83. The summed E-state index contributed by atoms with van der Waals surface area (Å²) in [6.07, 6.45) is -5.30. The third-order valence-corrected chi connectivity index (χ3v) is 4.34. The van der Waals surface area contributed by atoms with Gasteiger partial charge in [0, 0.05) is 6.07 Å². The number of carbonyl (C=O) groups is 1. The number of hydrogen-bond donors (Lipinski definition) is 6. The molecule has 29 heavy (non-hydrogen) atoms. The van der Waals surface area contributed by atoms with Gasteiger partial charge in [-0.1, -0.05) is 24.3 Å². The normalized spacial score (nSPS) is 27.1. The molecule has 0 aliphatic carbocycles. The van der Waals surface area contributed by atoms with Crippen molar-refractivity contribution in [3.05, 3.63) is 53.6 Å². The molecule has 154 valence electrons. The molecule has 1 heterocycles. The van der Waals surface area contributed by atoms with Crippen LogP contribution < -0.4 is 4.74 Å². The van der Waals surface area contributed by atoms with Gasteiger partial charge in [-0.25, -0.2) is 4.79 Å². The largest absolute Gasteiger partial charge is 0.508 e. The Labute approximate surface area is 165 Å². The number of aliphatic carboxylic acids is 1. The molecule has 1 unspecified atom stereocenters. The van der Waals surface area contributed by atoms with E-state index in [0.29, 0.717) is 5.56 Å². The minimum atomic E-state index is -1.82. The third-order valence-electron chi connectivity index (χ3n) is 4.34. The van der Waals surface area contributed by atoms with Crippen LogP contribution in [0.15, 0.2) is 42.5 Å². The van der Waals surface area contributed by atoms with Crippen LogP contribution in [0.3, 0.4) is 0 Å². The number of benzene rings is 2. The lowest BCUT2D eigenvalue weighted by Crippen LogP contribution is -2.61. The van der Waals surface area contributed by atoms with Crippen molar-refractivity contribution in [1.29, 1.82) is 0 Å². The molecule has 1 aliphatic rings. The topological polar surface area (TPSA) is 157 Å². The van der Waals surface area contributed by atoms with Crippen LogP contribution in [0.2, 0.25) is 0 Å². The number of carboxylic acids is 1. The van der Waals surface area contributed by atoms with Crippen LogP contribution >= 0.6 is 0 Å². The van der Waals surface area contributed by atoms with Gasteiger partial charge in [0.1, 0.15) is 35.6 Å². The number of phenolic OH excluding ortho intramolecular Hbond substituents is 2. The van der Waals surface area contributed by atoms with E-state index in [0.717, 1.165) is 5.56 Å². The molecule has 1 aliphatic heterocycles. The molecule has 6 N–H and O–H groups in total. The number of ether oxygens (including phenoxy) is 2. The first-order valence-corrected chi connectivity index (χ1v) is 8.65. The van der Waals surface area contributed by atoms with E-state index in [-0.39, 0.29) is 17.2 Å². The first kappa shape index (κ1) is 20.6. The van der Waals surface area contributed by atoms with E-state index >= 15 is 0 Å². The number of aromatic hydroxyl groups is 2. The van der Waals surface area contributed by atoms with Crippen molar-refractivity contribution in [2.75, 3.05) is 0 Å². The predicted molar refractivity (Wildman–Crippen MR) is 100 cm³/mol. The molecule has 0 saturated carbocycles. The van der Waals surface area contributed by atoms with Crippen molar-refractivity contribution in [3.63, 3.8) is 0 Å². The molecule has 9 heteroatoms. The maximum Gasteiger partial charge on any atom is 0.335 e. The average molecular weight is 404 g/mol. The van der Waals surface area contributed by atoms with Gasteiger partial charge in [-0.15, -0.1) is 0 Å². The molecule has 2 aromatic carbocycles. The van der Waals surface area contributed by atoms with E-state index < -0.39 is 36.7 Å². The molecule has 5 atom stereocenters. The van der Waals surface area contributed by atoms with Gasteiger partial charge in [0.25, 0.3) is 0 Å². The lowest BCUT2D eigenvalue weighted by Gasteiger charge is -2.38. The fourth-order valence-electron chi connectivity index (χ4n) is 2.83. The van der Waals surface area contributed by atoms with E-state index in [1.54, 1.807) is 24.3 Å². The van der Waals surface area contributed by atoms with Crippen LogP contribution in [0.1, 0.15) is 11.1 Å². The summed E-state index contributed by atoms with van der Waals surface area (Å²) in [6.45, 7) is 0. The highest BCUT2D eigenvalue weighted by Crippen LogP contribution is 2.28. The molecule has 3 rings (SSSR count). The highest BCUT2D eigenvalue weighted by molar-refractivity contribution is 5.73. The first-order valence-electron chi connectivity index (χ1n) is 8.65. The number of phenols is 2. The zero-order valence-corrected chi connectivity index (χ0v) is 15.0. The quantitative estimate of drug-likeness (QED) is 0.391. The van der Waals surface area contributed by atoms with Crippen molar-refractivity contribution in [2.24, 2.45) is 0 Å². The van der Waals surface area contributed by atoms with Gasteiger partial charge in [0.15, 0.2) is 6.10 Å². The molecular weight excluding hydrogens is 384 g/mol. The second kappa shape index (κ2) is 8.50. The van der Waals surface area contributed by atoms with Crippen LogP contribution in [-0.4, -0.2) is 67.3 Å². The lowest BCUT2D eigenvalue weighted by molar-refractivity contribution is -0.271. The molecule has 0 radical (unpaired) electrons. The lowest BCUT2D eigenvalue weighted by atomic mass is 9.99. The summed E-state index contributed by atoms with van der Waals surface area (Å²) in [6, 6.07) is 10.6. The number of aliphatic hydroxyl groups is 3. The van der Waals surface area contributed by atoms with Gasteiger partial charge in [-0.05, 0) is 35.4 Å². The predicted octanol–water partition coefficient (Wildman–Crippen LogP) is 0.539. The number of aliphatic hydroxyl groups excluding tert-OH is 3. The maximum absolute atomic E-state index is 11.2. The van der Waals surface area contributed by atoms with Crippen LogP contribution in [0.4, 0.5) is 0 Å². The number of carboxylic acid groups (broad SMARTS) is 1. The van der Waals surface area contributed by atoms with Gasteiger partial charge in [0.05, 0.1) is 0 Å². The van der Waals surface area contributed by atoms with Crippen LogP contribution in [0, 0.1) is 0 Å². The SMILES string of the molecule is O=C(O)C1O[C@@H](Oc2cc(O)cc(/C=C/c3ccc(O)cc3)c2)[C@@H](O)[C@@H](O)[C@@H]1O. The summed E-state index contributed by atoms with van der Waals surface area (Å²) < 4.78 is 10.5. The van der Waals surface area contributed by atoms with Gasteiger partial charge in [-0.2, -0.15) is 0 Å². The standard InChI is InChI=1S/C20H20O9/c21-12-5-3-10(4-6-12)1-2-11-7-13(22)9-14(8-11)28-20-17(25)15(23)16(24)18(29-20)19(26)27/h1-9,15-18,20-25H,(H,26,27)/b2-1+/t15-,16-,17-,18?,20+/m0/s1. The Morgan fingerprint density at radius 1 is 0.862 bits per heavy atom. The number of rotatable bonds is 5. The Morgan fingerprint density at radius 3 is 2.17 bits per heavy atom. The van der Waals surface area contributed by atoms with Gasteiger partial charge in [0.2, 0.25) is 6.29 Å². The second-order valence-corrected chi connectivity index (χ2v) is 6.54. The monoisotopic (exact) mass is 404 g/mol.